The largest absolute Gasteiger partial charge is 0.463 e. The lowest BCUT2D eigenvalue weighted by molar-refractivity contribution is -0.139. The first-order valence-electron chi connectivity index (χ1n) is 8.24. The van der Waals surface area contributed by atoms with Crippen molar-refractivity contribution in [3.63, 3.8) is 0 Å². The summed E-state index contributed by atoms with van der Waals surface area (Å²) in [6, 6.07) is 6.31. The van der Waals surface area contributed by atoms with Crippen LogP contribution in [0.2, 0.25) is 5.02 Å². The van der Waals surface area contributed by atoms with Crippen molar-refractivity contribution in [1.82, 2.24) is 10.6 Å². The van der Waals surface area contributed by atoms with E-state index in [9.17, 15) is 14.4 Å². The van der Waals surface area contributed by atoms with Crippen LogP contribution in [0.15, 0.2) is 35.5 Å². The van der Waals surface area contributed by atoms with E-state index in [0.29, 0.717) is 5.02 Å². The van der Waals surface area contributed by atoms with E-state index < -0.39 is 24.0 Å². The Hall–Kier alpha value is -2.58. The van der Waals surface area contributed by atoms with Crippen molar-refractivity contribution in [2.45, 2.75) is 19.9 Å². The molecule has 0 saturated carbocycles. The highest BCUT2D eigenvalue weighted by Crippen LogP contribution is 2.35. The monoisotopic (exact) mass is 408 g/mol. The summed E-state index contributed by atoms with van der Waals surface area (Å²) in [5.41, 5.74) is 0.405. The lowest BCUT2D eigenvalue weighted by Gasteiger charge is -2.26. The molecule has 142 valence electrons. The number of amides is 2. The average Bonchev–Trinajstić information content (AvgIpc) is 2.96. The van der Waals surface area contributed by atoms with Crippen molar-refractivity contribution in [2.75, 3.05) is 13.2 Å². The quantitative estimate of drug-likeness (QED) is 0.741. The maximum absolute atomic E-state index is 12.5. The molecule has 27 heavy (non-hydrogen) atoms. The van der Waals surface area contributed by atoms with Gasteiger partial charge in [0.1, 0.15) is 11.5 Å². The molecule has 1 aliphatic rings. The minimum absolute atomic E-state index is 0.188. The van der Waals surface area contributed by atoms with Gasteiger partial charge in [-0.15, -0.1) is 11.3 Å². The van der Waals surface area contributed by atoms with Crippen LogP contribution in [0.25, 0.3) is 10.1 Å². The van der Waals surface area contributed by atoms with Crippen molar-refractivity contribution in [3.8, 4) is 0 Å². The summed E-state index contributed by atoms with van der Waals surface area (Å²) >= 11 is 7.51. The minimum atomic E-state index is -0.627. The summed E-state index contributed by atoms with van der Waals surface area (Å²) in [7, 11) is 0. The number of benzene rings is 1. The summed E-state index contributed by atoms with van der Waals surface area (Å²) in [4.78, 5) is 36.7. The van der Waals surface area contributed by atoms with Gasteiger partial charge in [-0.3, -0.25) is 0 Å². The van der Waals surface area contributed by atoms with Gasteiger partial charge in [0.2, 0.25) is 0 Å². The van der Waals surface area contributed by atoms with Gasteiger partial charge in [0, 0.05) is 10.1 Å². The molecule has 0 spiro atoms. The molecule has 2 aromatic rings. The number of fused-ring (bicyclic) bond motifs is 1. The number of ether oxygens (including phenoxy) is 2. The number of nitrogens with one attached hydrogen (secondary N) is 2. The highest BCUT2D eigenvalue weighted by Gasteiger charge is 2.30. The molecule has 1 aromatic heterocycles. The third-order valence-corrected chi connectivity index (χ3v) is 5.59. The Morgan fingerprint density at radius 1 is 1.22 bits per heavy atom. The van der Waals surface area contributed by atoms with E-state index in [1.807, 2.05) is 24.3 Å². The molecule has 2 heterocycles. The van der Waals surface area contributed by atoms with Crippen LogP contribution in [0.5, 0.6) is 0 Å². The first kappa shape index (κ1) is 19.2. The van der Waals surface area contributed by atoms with Crippen LogP contribution in [-0.2, 0) is 14.3 Å². The zero-order chi connectivity index (χ0) is 19.6. The van der Waals surface area contributed by atoms with Gasteiger partial charge in [0.25, 0.3) is 0 Å². The Morgan fingerprint density at radius 3 is 2.67 bits per heavy atom. The van der Waals surface area contributed by atoms with Crippen LogP contribution in [-0.4, -0.2) is 37.2 Å². The van der Waals surface area contributed by atoms with Gasteiger partial charge in [-0.05, 0) is 19.9 Å². The second-order valence-corrected chi connectivity index (χ2v) is 7.18. The number of halogens is 1. The molecule has 0 aliphatic carbocycles. The zero-order valence-corrected chi connectivity index (χ0v) is 16.2. The van der Waals surface area contributed by atoms with E-state index in [0.717, 1.165) is 10.1 Å². The summed E-state index contributed by atoms with van der Waals surface area (Å²) in [6.07, 6.45) is 0. The fraction of sp³-hybridized carbons (Fsp3) is 0.278. The van der Waals surface area contributed by atoms with Crippen LogP contribution in [0.4, 0.5) is 4.79 Å². The van der Waals surface area contributed by atoms with Gasteiger partial charge in [-0.2, -0.15) is 0 Å². The molecular weight excluding hydrogens is 392 g/mol. The van der Waals surface area contributed by atoms with Gasteiger partial charge in [0.05, 0.1) is 28.9 Å². The van der Waals surface area contributed by atoms with Crippen LogP contribution < -0.4 is 10.6 Å². The molecule has 1 aromatic carbocycles. The van der Waals surface area contributed by atoms with Crippen molar-refractivity contribution >= 4 is 51.0 Å². The Morgan fingerprint density at radius 2 is 1.96 bits per heavy atom. The Bertz CT molecular complexity index is 952. The predicted octanol–water partition coefficient (Wildman–Crippen LogP) is 3.23. The molecule has 7 nitrogen and oxygen atoms in total. The van der Waals surface area contributed by atoms with E-state index in [1.165, 1.54) is 11.3 Å². The molecular formula is C18H17ClN2O5S. The lowest BCUT2D eigenvalue weighted by Crippen LogP contribution is -2.50. The fourth-order valence-corrected chi connectivity index (χ4v) is 4.14. The molecule has 1 aliphatic heterocycles. The topological polar surface area (TPSA) is 93.7 Å². The predicted molar refractivity (Wildman–Crippen MR) is 102 cm³/mol. The van der Waals surface area contributed by atoms with Gasteiger partial charge in [0.15, 0.2) is 0 Å². The molecule has 2 N–H and O–H groups in total. The molecule has 0 radical (unpaired) electrons. The molecule has 0 saturated heterocycles. The van der Waals surface area contributed by atoms with E-state index in [2.05, 4.69) is 10.6 Å². The number of thiophene rings is 1. The molecule has 1 atom stereocenters. The van der Waals surface area contributed by atoms with Crippen LogP contribution >= 0.6 is 22.9 Å². The first-order valence-corrected chi connectivity index (χ1v) is 9.43. The number of esters is 2. The summed E-state index contributed by atoms with van der Waals surface area (Å²) in [5.74, 6) is -1.21. The number of urea groups is 1. The number of rotatable bonds is 5. The third-order valence-electron chi connectivity index (χ3n) is 3.93. The Labute approximate surface area is 164 Å². The average molecular weight is 409 g/mol. The van der Waals surface area contributed by atoms with Crippen molar-refractivity contribution < 1.29 is 23.9 Å². The molecule has 9 heteroatoms. The van der Waals surface area contributed by atoms with E-state index in [1.54, 1.807) is 13.8 Å². The molecule has 0 fully saturated rings. The van der Waals surface area contributed by atoms with Gasteiger partial charge < -0.3 is 20.1 Å². The summed E-state index contributed by atoms with van der Waals surface area (Å²) in [5, 5.41) is 6.17. The van der Waals surface area contributed by atoms with E-state index in [-0.39, 0.29) is 29.4 Å². The fourth-order valence-electron chi connectivity index (χ4n) is 2.74. The van der Waals surface area contributed by atoms with E-state index >= 15 is 0 Å². The Kier molecular flexibility index (Phi) is 5.67. The molecule has 0 bridgehead atoms. The maximum atomic E-state index is 12.5. The van der Waals surface area contributed by atoms with Crippen molar-refractivity contribution in [3.05, 3.63) is 45.4 Å². The maximum Gasteiger partial charge on any atom is 0.350 e. The second kappa shape index (κ2) is 7.98. The number of hydrogen-bond acceptors (Lipinski definition) is 6. The normalized spacial score (nSPS) is 16.7. The highest BCUT2D eigenvalue weighted by molar-refractivity contribution is 7.21. The smallest absolute Gasteiger partial charge is 0.350 e. The standard InChI is InChI=1S/C18H17ClN2O5S/c1-3-25-16(22)13-9(2)20-18(24)21-11(13)8-26-17(23)15-14(19)10-6-4-5-7-12(10)27-15/h4-7,9H,3,8H2,1-2H3,(H2,20,21,24). The molecule has 1 unspecified atom stereocenters. The van der Waals surface area contributed by atoms with Crippen LogP contribution in [0.1, 0.15) is 23.5 Å². The number of carbonyl (C=O) groups is 3. The number of hydrogen-bond donors (Lipinski definition) is 2. The van der Waals surface area contributed by atoms with Crippen molar-refractivity contribution in [2.24, 2.45) is 0 Å². The zero-order valence-electron chi connectivity index (χ0n) is 14.6. The minimum Gasteiger partial charge on any atom is -0.463 e. The van der Waals surface area contributed by atoms with Crippen LogP contribution in [0, 0.1) is 0 Å². The highest BCUT2D eigenvalue weighted by atomic mass is 35.5. The molecule has 2 amide bonds. The summed E-state index contributed by atoms with van der Waals surface area (Å²) < 4.78 is 11.2. The first-order chi connectivity index (χ1) is 12.9. The third kappa shape index (κ3) is 3.91. The van der Waals surface area contributed by atoms with Gasteiger partial charge >= 0.3 is 18.0 Å². The van der Waals surface area contributed by atoms with Gasteiger partial charge in [-0.25, -0.2) is 14.4 Å². The SMILES string of the molecule is CCOC(=O)C1=C(COC(=O)c2sc3ccccc3c2Cl)NC(=O)NC1C. The van der Waals surface area contributed by atoms with Crippen LogP contribution in [0.3, 0.4) is 0 Å². The van der Waals surface area contributed by atoms with Crippen molar-refractivity contribution in [1.29, 1.82) is 0 Å². The number of carbonyl (C=O) groups excluding carboxylic acids is 3. The van der Waals surface area contributed by atoms with Gasteiger partial charge in [-0.1, -0.05) is 29.8 Å². The second-order valence-electron chi connectivity index (χ2n) is 5.75. The lowest BCUT2D eigenvalue weighted by atomic mass is 10.0. The van der Waals surface area contributed by atoms with E-state index in [4.69, 9.17) is 21.1 Å². The Balaban J connectivity index is 1.82. The summed E-state index contributed by atoms with van der Waals surface area (Å²) in [6.45, 7) is 3.24. The molecule has 3 rings (SSSR count).